The second-order valence-corrected chi connectivity index (χ2v) is 7.13. The van der Waals surface area contributed by atoms with E-state index in [4.69, 9.17) is 4.74 Å². The number of hydrogen-bond acceptors (Lipinski definition) is 4. The topological polar surface area (TPSA) is 42.4 Å². The van der Waals surface area contributed by atoms with E-state index < -0.39 is 0 Å². The highest BCUT2D eigenvalue weighted by Crippen LogP contribution is 2.56. The molecule has 1 saturated heterocycles. The van der Waals surface area contributed by atoms with Crippen molar-refractivity contribution in [2.75, 3.05) is 24.6 Å². The number of pyridine rings is 1. The van der Waals surface area contributed by atoms with Crippen LogP contribution >= 0.6 is 0 Å². The number of carbonyl (C=O) groups is 1. The fourth-order valence-corrected chi connectivity index (χ4v) is 4.24. The van der Waals surface area contributed by atoms with Gasteiger partial charge in [-0.2, -0.15) is 0 Å². The maximum Gasteiger partial charge on any atom is 0.312 e. The minimum Gasteiger partial charge on any atom is -0.466 e. The van der Waals surface area contributed by atoms with E-state index in [1.165, 1.54) is 6.07 Å². The molecule has 2 fully saturated rings. The zero-order valence-corrected chi connectivity index (χ0v) is 14.5. The number of anilines is 1. The van der Waals surface area contributed by atoms with Crippen LogP contribution in [0.15, 0.2) is 30.5 Å². The maximum absolute atomic E-state index is 13.7. The Morgan fingerprint density at radius 2 is 2.08 bits per heavy atom. The highest BCUT2D eigenvalue weighted by Gasteiger charge is 2.56. The number of benzene rings is 1. The highest BCUT2D eigenvalue weighted by molar-refractivity contribution is 5.91. The number of aromatic nitrogens is 1. The third-order valence-corrected chi connectivity index (χ3v) is 5.77. The van der Waals surface area contributed by atoms with Crippen LogP contribution in [0.1, 0.15) is 32.6 Å². The maximum atomic E-state index is 13.7. The lowest BCUT2D eigenvalue weighted by Crippen LogP contribution is -2.39. The van der Waals surface area contributed by atoms with Crippen molar-refractivity contribution >= 4 is 22.6 Å². The number of esters is 1. The quantitative estimate of drug-likeness (QED) is 0.790. The van der Waals surface area contributed by atoms with Gasteiger partial charge in [-0.15, -0.1) is 0 Å². The number of piperidine rings is 1. The Bertz CT molecular complexity index is 795. The molecule has 0 bridgehead atoms. The van der Waals surface area contributed by atoms with E-state index in [-0.39, 0.29) is 17.2 Å². The Morgan fingerprint density at radius 3 is 2.76 bits per heavy atom. The van der Waals surface area contributed by atoms with Gasteiger partial charge < -0.3 is 9.64 Å². The molecule has 132 valence electrons. The SMILES string of the molecule is CCOC(=O)C1(C2CCN(c3ccnc4ccc(F)cc34)CC2)CC1. The minimum absolute atomic E-state index is 0.00937. The molecule has 0 atom stereocenters. The fraction of sp³-hybridized carbons (Fsp3) is 0.500. The summed E-state index contributed by atoms with van der Waals surface area (Å²) in [6, 6.07) is 6.69. The molecule has 1 aromatic carbocycles. The molecule has 2 aromatic rings. The monoisotopic (exact) mass is 342 g/mol. The molecule has 2 aliphatic rings. The van der Waals surface area contributed by atoms with Gasteiger partial charge >= 0.3 is 5.97 Å². The summed E-state index contributed by atoms with van der Waals surface area (Å²) in [5.74, 6) is 0.147. The molecule has 1 saturated carbocycles. The minimum atomic E-state index is -0.240. The second-order valence-electron chi connectivity index (χ2n) is 7.13. The predicted molar refractivity (Wildman–Crippen MR) is 94.9 cm³/mol. The number of halogens is 1. The van der Waals surface area contributed by atoms with Crippen molar-refractivity contribution in [2.24, 2.45) is 11.3 Å². The standard InChI is InChI=1S/C20H23FN2O2/c1-2-25-19(24)20(8-9-20)14-6-11-23(12-7-14)18-5-10-22-17-4-3-15(21)13-16(17)18/h3-5,10,13-14H,2,6-9,11-12H2,1H3. The molecule has 5 heteroatoms. The van der Waals surface area contributed by atoms with Crippen LogP contribution in [0, 0.1) is 17.2 Å². The molecule has 1 aliphatic carbocycles. The van der Waals surface area contributed by atoms with Crippen molar-refractivity contribution in [1.82, 2.24) is 4.98 Å². The summed E-state index contributed by atoms with van der Waals surface area (Å²) < 4.78 is 19.0. The zero-order valence-electron chi connectivity index (χ0n) is 14.5. The van der Waals surface area contributed by atoms with Crippen molar-refractivity contribution in [1.29, 1.82) is 0 Å². The van der Waals surface area contributed by atoms with Gasteiger partial charge in [-0.1, -0.05) is 0 Å². The molecule has 25 heavy (non-hydrogen) atoms. The first-order valence-electron chi connectivity index (χ1n) is 9.10. The van der Waals surface area contributed by atoms with Gasteiger partial charge in [0, 0.05) is 30.4 Å². The van der Waals surface area contributed by atoms with E-state index >= 15 is 0 Å². The summed E-state index contributed by atoms with van der Waals surface area (Å²) in [7, 11) is 0. The van der Waals surface area contributed by atoms with Gasteiger partial charge in [0.2, 0.25) is 0 Å². The van der Waals surface area contributed by atoms with E-state index in [1.807, 2.05) is 13.0 Å². The van der Waals surface area contributed by atoms with Crippen LogP contribution in [0.25, 0.3) is 10.9 Å². The number of hydrogen-bond donors (Lipinski definition) is 0. The molecular weight excluding hydrogens is 319 g/mol. The molecule has 0 N–H and O–H groups in total. The molecule has 0 radical (unpaired) electrons. The smallest absolute Gasteiger partial charge is 0.312 e. The first kappa shape index (κ1) is 16.3. The third kappa shape index (κ3) is 2.86. The lowest BCUT2D eigenvalue weighted by molar-refractivity contribution is -0.152. The van der Waals surface area contributed by atoms with Crippen LogP contribution in [-0.4, -0.2) is 30.6 Å². The molecule has 1 aliphatic heterocycles. The Labute approximate surface area is 147 Å². The van der Waals surface area contributed by atoms with Gasteiger partial charge in [0.15, 0.2) is 0 Å². The van der Waals surface area contributed by atoms with Crippen LogP contribution in [0.3, 0.4) is 0 Å². The van der Waals surface area contributed by atoms with Crippen molar-refractivity contribution < 1.29 is 13.9 Å². The van der Waals surface area contributed by atoms with Gasteiger partial charge in [0.05, 0.1) is 17.5 Å². The van der Waals surface area contributed by atoms with Crippen molar-refractivity contribution in [3.63, 3.8) is 0 Å². The Morgan fingerprint density at radius 1 is 1.32 bits per heavy atom. The van der Waals surface area contributed by atoms with E-state index in [9.17, 15) is 9.18 Å². The van der Waals surface area contributed by atoms with E-state index in [0.717, 1.165) is 55.4 Å². The molecule has 0 spiro atoms. The number of ether oxygens (including phenoxy) is 1. The van der Waals surface area contributed by atoms with Crippen molar-refractivity contribution in [2.45, 2.75) is 32.6 Å². The van der Waals surface area contributed by atoms with Crippen LogP contribution < -0.4 is 4.90 Å². The summed E-state index contributed by atoms with van der Waals surface area (Å²) in [6.45, 7) is 4.07. The van der Waals surface area contributed by atoms with Gasteiger partial charge in [-0.25, -0.2) is 4.39 Å². The number of fused-ring (bicyclic) bond motifs is 1. The average molecular weight is 342 g/mol. The largest absolute Gasteiger partial charge is 0.466 e. The number of nitrogens with zero attached hydrogens (tertiary/aromatic N) is 2. The summed E-state index contributed by atoms with van der Waals surface area (Å²) in [6.07, 6.45) is 5.64. The van der Waals surface area contributed by atoms with E-state index in [1.54, 1.807) is 18.3 Å². The van der Waals surface area contributed by atoms with Crippen LogP contribution in [-0.2, 0) is 9.53 Å². The molecule has 2 heterocycles. The molecule has 4 nitrogen and oxygen atoms in total. The summed E-state index contributed by atoms with van der Waals surface area (Å²) in [5.41, 5.74) is 1.62. The zero-order chi connectivity index (χ0) is 17.4. The molecule has 4 rings (SSSR count). The predicted octanol–water partition coefficient (Wildman–Crippen LogP) is 3.93. The van der Waals surface area contributed by atoms with Gasteiger partial charge in [-0.05, 0) is 62.8 Å². The Kier molecular flexibility index (Phi) is 4.10. The lowest BCUT2D eigenvalue weighted by atomic mass is 9.81. The van der Waals surface area contributed by atoms with Gasteiger partial charge in [0.25, 0.3) is 0 Å². The number of rotatable bonds is 4. The first-order chi connectivity index (χ1) is 12.1. The van der Waals surface area contributed by atoms with Crippen LogP contribution in [0.4, 0.5) is 10.1 Å². The average Bonchev–Trinajstić information content (AvgIpc) is 3.44. The third-order valence-electron chi connectivity index (χ3n) is 5.77. The lowest BCUT2D eigenvalue weighted by Gasteiger charge is -2.37. The van der Waals surface area contributed by atoms with Gasteiger partial charge in [0.1, 0.15) is 5.82 Å². The van der Waals surface area contributed by atoms with Crippen LogP contribution in [0.5, 0.6) is 0 Å². The Hall–Kier alpha value is -2.17. The summed E-state index contributed by atoms with van der Waals surface area (Å²) in [5, 5.41) is 0.854. The molecular formula is C20H23FN2O2. The second kappa shape index (κ2) is 6.28. The molecule has 1 aromatic heterocycles. The highest BCUT2D eigenvalue weighted by atomic mass is 19.1. The van der Waals surface area contributed by atoms with E-state index in [0.29, 0.717) is 12.5 Å². The first-order valence-corrected chi connectivity index (χ1v) is 9.10. The summed E-state index contributed by atoms with van der Waals surface area (Å²) >= 11 is 0. The fourth-order valence-electron chi connectivity index (χ4n) is 4.24. The number of carbonyl (C=O) groups excluding carboxylic acids is 1. The van der Waals surface area contributed by atoms with Crippen molar-refractivity contribution in [3.8, 4) is 0 Å². The van der Waals surface area contributed by atoms with Crippen molar-refractivity contribution in [3.05, 3.63) is 36.3 Å². The normalized spacial score (nSPS) is 19.8. The van der Waals surface area contributed by atoms with Crippen LogP contribution in [0.2, 0.25) is 0 Å². The van der Waals surface area contributed by atoms with Gasteiger partial charge in [-0.3, -0.25) is 9.78 Å². The van der Waals surface area contributed by atoms with E-state index in [2.05, 4.69) is 9.88 Å². The molecule has 0 unspecified atom stereocenters. The Balaban J connectivity index is 1.51. The molecule has 0 amide bonds. The summed E-state index contributed by atoms with van der Waals surface area (Å²) in [4.78, 5) is 18.9.